The maximum atomic E-state index is 15.4. The summed E-state index contributed by atoms with van der Waals surface area (Å²) in [5, 5.41) is 22.5. The molecule has 2 aliphatic carbocycles. The number of hydrogen-bond donors (Lipinski definition) is 3. The predicted molar refractivity (Wildman–Crippen MR) is 197 cm³/mol. The molecule has 2 heterocycles. The largest absolute Gasteiger partial charge is 0.504 e. The number of aromatic hydroxyl groups is 1. The fourth-order valence-corrected chi connectivity index (χ4v) is 9.74. The van der Waals surface area contributed by atoms with Crippen molar-refractivity contribution in [3.8, 4) is 17.2 Å². The molecule has 12 nitrogen and oxygen atoms in total. The molecule has 1 saturated carbocycles. The van der Waals surface area contributed by atoms with Gasteiger partial charge in [0.2, 0.25) is 11.8 Å². The van der Waals surface area contributed by atoms with Crippen molar-refractivity contribution in [2.24, 2.45) is 23.7 Å². The molecule has 15 heteroatoms. The molecule has 53 heavy (non-hydrogen) atoms. The minimum Gasteiger partial charge on any atom is -0.504 e. The summed E-state index contributed by atoms with van der Waals surface area (Å²) in [6.07, 6.45) is 1.92. The highest BCUT2D eigenvalue weighted by molar-refractivity contribution is 9.10. The average Bonchev–Trinajstić information content (AvgIpc) is 3.50. The number of phenols is 1. The predicted octanol–water partition coefficient (Wildman–Crippen LogP) is 6.33. The van der Waals surface area contributed by atoms with Gasteiger partial charge in [-0.15, -0.1) is 0 Å². The summed E-state index contributed by atoms with van der Waals surface area (Å²) < 4.78 is 11.5. The second-order valence-corrected chi connectivity index (χ2v) is 15.3. The summed E-state index contributed by atoms with van der Waals surface area (Å²) in [6, 6.07) is 14.6. The Balaban J connectivity index is 1.45. The first-order chi connectivity index (χ1) is 25.3. The third-order valence-corrected chi connectivity index (χ3v) is 12.0. The van der Waals surface area contributed by atoms with Gasteiger partial charge in [-0.2, -0.15) is 5.01 Å². The Bertz CT molecular complexity index is 2090. The van der Waals surface area contributed by atoms with Gasteiger partial charge < -0.3 is 19.7 Å². The second-order valence-electron chi connectivity index (χ2n) is 13.6. The number of methoxy groups -OCH3 is 2. The number of nitrogens with one attached hydrogen (secondary N) is 1. The van der Waals surface area contributed by atoms with Crippen molar-refractivity contribution in [1.29, 1.82) is 0 Å². The zero-order valence-electron chi connectivity index (χ0n) is 28.5. The van der Waals surface area contributed by atoms with Gasteiger partial charge in [0.1, 0.15) is 5.75 Å². The van der Waals surface area contributed by atoms with E-state index in [-0.39, 0.29) is 60.0 Å². The van der Waals surface area contributed by atoms with Crippen LogP contribution in [0.3, 0.4) is 0 Å². The Hall–Kier alpha value is -4.59. The maximum absolute atomic E-state index is 15.4. The first-order valence-corrected chi connectivity index (χ1v) is 18.5. The Morgan fingerprint density at radius 2 is 1.72 bits per heavy atom. The number of rotatable bonds is 10. The number of ether oxygens (including phenoxy) is 2. The van der Waals surface area contributed by atoms with Crippen molar-refractivity contribution in [2.45, 2.75) is 37.0 Å². The zero-order chi connectivity index (χ0) is 37.9. The van der Waals surface area contributed by atoms with E-state index in [1.807, 2.05) is 6.08 Å². The molecule has 4 aliphatic rings. The maximum Gasteiger partial charge on any atom is 0.303 e. The number of amides is 4. The van der Waals surface area contributed by atoms with Crippen LogP contribution >= 0.6 is 39.1 Å². The average molecular weight is 828 g/mol. The fourth-order valence-electron chi connectivity index (χ4n) is 8.83. The van der Waals surface area contributed by atoms with Gasteiger partial charge in [0.25, 0.3) is 11.8 Å². The number of nitrogens with zero attached hydrogens (tertiary/aromatic N) is 2. The van der Waals surface area contributed by atoms with Crippen LogP contribution in [-0.4, -0.2) is 70.5 Å². The first kappa shape index (κ1) is 36.8. The number of aliphatic carboxylic acids is 1. The van der Waals surface area contributed by atoms with Gasteiger partial charge in [-0.05, 0) is 73.2 Å². The number of carbonyl (C=O) groups excluding carboxylic acids is 4. The zero-order valence-corrected chi connectivity index (χ0v) is 31.6. The van der Waals surface area contributed by atoms with E-state index in [0.717, 1.165) is 9.91 Å². The molecular weight excluding hydrogens is 793 g/mol. The number of likely N-dealkylation sites (tertiary alicyclic amines) is 1. The normalized spacial score (nSPS) is 26.2. The van der Waals surface area contributed by atoms with Crippen LogP contribution in [0.2, 0.25) is 10.0 Å². The smallest absolute Gasteiger partial charge is 0.303 e. The molecule has 276 valence electrons. The molecule has 0 aromatic heterocycles. The van der Waals surface area contributed by atoms with Gasteiger partial charge in [0.15, 0.2) is 11.5 Å². The minimum atomic E-state index is -1.69. The van der Waals surface area contributed by atoms with E-state index in [4.69, 9.17) is 32.7 Å². The minimum absolute atomic E-state index is 0.0144. The van der Waals surface area contributed by atoms with Crippen LogP contribution in [-0.2, 0) is 29.4 Å². The quantitative estimate of drug-likeness (QED) is 0.156. The highest BCUT2D eigenvalue weighted by Crippen LogP contribution is 2.65. The summed E-state index contributed by atoms with van der Waals surface area (Å²) in [7, 11) is 2.91. The van der Waals surface area contributed by atoms with Crippen LogP contribution in [0, 0.1) is 23.7 Å². The SMILES string of the molecule is COc1ccc(C23C(=O)N(Nc4ccc(Cl)cc4Cl)C(=O)C2CC2C(=CCC4C(=O)N(CCCC(=O)O)C(=O)C42)C3c2cc(Br)cc(OC)c2O)cc1. The number of halogens is 3. The number of benzene rings is 3. The molecule has 0 spiro atoms. The third-order valence-electron chi connectivity index (χ3n) is 11.0. The number of hydrazine groups is 1. The summed E-state index contributed by atoms with van der Waals surface area (Å²) in [5.74, 6) is -7.21. The number of phenolic OH excluding ortho intramolecular Hbond substituents is 1. The van der Waals surface area contributed by atoms with Crippen LogP contribution in [0.4, 0.5) is 5.69 Å². The van der Waals surface area contributed by atoms with E-state index >= 15 is 4.79 Å². The number of anilines is 1. The molecule has 6 unspecified atom stereocenters. The number of carboxylic acid groups (broad SMARTS) is 1. The van der Waals surface area contributed by atoms with Crippen LogP contribution < -0.4 is 14.9 Å². The van der Waals surface area contributed by atoms with Gasteiger partial charge in [0, 0.05) is 33.9 Å². The number of carbonyl (C=O) groups is 5. The monoisotopic (exact) mass is 825 g/mol. The molecule has 3 N–H and O–H groups in total. The standard InChI is InChI=1S/C38H34BrCl2N3O9/c1-52-21-8-5-18(6-9-21)38-26(35(49)44(37(38)51)42-28-12-7-20(40)16-27(28)41)17-24-22(32(38)25-14-19(39)15-29(53-2)33(25)47)10-11-23-31(24)36(50)43(34(23)48)13-3-4-30(45)46/h5-10,12,14-16,23-24,26,31-32,42,47H,3-4,11,13,17H2,1-2H3,(H,45,46). The van der Waals surface area contributed by atoms with E-state index in [9.17, 15) is 29.4 Å². The second kappa shape index (κ2) is 14.0. The van der Waals surface area contributed by atoms with Gasteiger partial charge in [-0.1, -0.05) is 62.9 Å². The lowest BCUT2D eigenvalue weighted by Gasteiger charge is -2.50. The number of imide groups is 2. The Morgan fingerprint density at radius 1 is 0.981 bits per heavy atom. The van der Waals surface area contributed by atoms with E-state index in [2.05, 4.69) is 21.4 Å². The molecule has 2 aliphatic heterocycles. The Kier molecular flexibility index (Phi) is 9.71. The molecule has 6 atom stereocenters. The molecule has 3 fully saturated rings. The van der Waals surface area contributed by atoms with Crippen molar-refractivity contribution in [2.75, 3.05) is 26.2 Å². The number of hydrogen-bond acceptors (Lipinski definition) is 9. The van der Waals surface area contributed by atoms with Crippen LogP contribution in [0.15, 0.2) is 70.7 Å². The van der Waals surface area contributed by atoms with Crippen molar-refractivity contribution in [1.82, 2.24) is 9.91 Å². The highest BCUT2D eigenvalue weighted by Gasteiger charge is 2.70. The Labute approximate surface area is 322 Å². The first-order valence-electron chi connectivity index (χ1n) is 16.9. The van der Waals surface area contributed by atoms with Gasteiger partial charge in [-0.3, -0.25) is 34.3 Å². The van der Waals surface area contributed by atoms with Crippen molar-refractivity contribution in [3.63, 3.8) is 0 Å². The lowest BCUT2D eigenvalue weighted by Crippen LogP contribution is -2.53. The topological polar surface area (TPSA) is 163 Å². The van der Waals surface area contributed by atoms with E-state index in [1.165, 1.54) is 20.3 Å². The van der Waals surface area contributed by atoms with E-state index in [1.54, 1.807) is 48.5 Å². The molecule has 4 amide bonds. The van der Waals surface area contributed by atoms with Crippen molar-refractivity contribution < 1.29 is 43.7 Å². The summed E-state index contributed by atoms with van der Waals surface area (Å²) in [4.78, 5) is 70.6. The molecular formula is C38H34BrCl2N3O9. The lowest BCUT2D eigenvalue weighted by atomic mass is 9.49. The van der Waals surface area contributed by atoms with Crippen LogP contribution in [0.25, 0.3) is 0 Å². The Morgan fingerprint density at radius 3 is 2.38 bits per heavy atom. The number of carboxylic acids is 1. The molecule has 3 aromatic rings. The summed E-state index contributed by atoms with van der Waals surface area (Å²) >= 11 is 16.2. The van der Waals surface area contributed by atoms with Crippen LogP contribution in [0.1, 0.15) is 42.7 Å². The molecule has 3 aromatic carbocycles. The fraction of sp³-hybridized carbons (Fsp3) is 0.342. The number of allylic oxidation sites excluding steroid dienone is 2. The van der Waals surface area contributed by atoms with Crippen molar-refractivity contribution in [3.05, 3.63) is 91.9 Å². The summed E-state index contributed by atoms with van der Waals surface area (Å²) in [6.45, 7) is -0.0533. The summed E-state index contributed by atoms with van der Waals surface area (Å²) in [5.41, 5.74) is 2.84. The highest BCUT2D eigenvalue weighted by atomic mass is 79.9. The lowest BCUT2D eigenvalue weighted by molar-refractivity contribution is -0.142. The van der Waals surface area contributed by atoms with Gasteiger partial charge in [-0.25, -0.2) is 0 Å². The van der Waals surface area contributed by atoms with Crippen LogP contribution in [0.5, 0.6) is 17.2 Å². The third kappa shape index (κ3) is 5.84. The van der Waals surface area contributed by atoms with Crippen molar-refractivity contribution >= 4 is 74.4 Å². The van der Waals surface area contributed by atoms with E-state index < -0.39 is 64.6 Å². The molecule has 0 radical (unpaired) electrons. The molecule has 0 bridgehead atoms. The van der Waals surface area contributed by atoms with E-state index in [0.29, 0.717) is 26.4 Å². The molecule has 2 saturated heterocycles. The molecule has 7 rings (SSSR count). The number of fused-ring (bicyclic) bond motifs is 4. The van der Waals surface area contributed by atoms with Gasteiger partial charge in [0.05, 0.1) is 48.1 Å². The van der Waals surface area contributed by atoms with Gasteiger partial charge >= 0.3 is 5.97 Å².